The smallest absolute Gasteiger partial charge is 0.303 e. The molecule has 3 aromatic rings. The van der Waals surface area contributed by atoms with Crippen molar-refractivity contribution < 1.29 is 19.7 Å². The summed E-state index contributed by atoms with van der Waals surface area (Å²) < 4.78 is 5.85. The number of likely N-dealkylation sites (N-methyl/N-ethyl adjacent to an activating group) is 1. The van der Waals surface area contributed by atoms with Crippen LogP contribution in [0.5, 0.6) is 11.5 Å². The standard InChI is InChI=1S/C28H31NO4/c1-29(2)19-20-33-25-17-13-23(14-18-25)28(22-11-15-24(30)16-12-22)26(9-6-10-27(31)32)21-7-4-3-5-8-21/h3-5,7-8,11-18,30H,6,9-10,19-20H2,1-2H3,(H,31,32)/b28-26-. The molecule has 0 atom stereocenters. The highest BCUT2D eigenvalue weighted by molar-refractivity contribution is 5.98. The van der Waals surface area contributed by atoms with Crippen molar-refractivity contribution in [1.29, 1.82) is 0 Å². The highest BCUT2D eigenvalue weighted by atomic mass is 16.5. The fourth-order valence-electron chi connectivity index (χ4n) is 3.68. The van der Waals surface area contributed by atoms with Gasteiger partial charge in [0.2, 0.25) is 0 Å². The maximum atomic E-state index is 11.2. The Kier molecular flexibility index (Phi) is 8.67. The number of phenols is 1. The van der Waals surface area contributed by atoms with Crippen LogP contribution in [0.1, 0.15) is 36.0 Å². The summed E-state index contributed by atoms with van der Waals surface area (Å²) in [6.45, 7) is 1.44. The van der Waals surface area contributed by atoms with Crippen LogP contribution in [0.15, 0.2) is 78.9 Å². The highest BCUT2D eigenvalue weighted by Crippen LogP contribution is 2.36. The van der Waals surface area contributed by atoms with Gasteiger partial charge in [-0.2, -0.15) is 0 Å². The fourth-order valence-corrected chi connectivity index (χ4v) is 3.68. The zero-order valence-corrected chi connectivity index (χ0v) is 19.2. The minimum absolute atomic E-state index is 0.109. The number of hydrogen-bond acceptors (Lipinski definition) is 4. The van der Waals surface area contributed by atoms with Crippen LogP contribution in [0, 0.1) is 0 Å². The van der Waals surface area contributed by atoms with Crippen molar-refractivity contribution in [1.82, 2.24) is 4.90 Å². The first kappa shape index (κ1) is 24.1. The minimum Gasteiger partial charge on any atom is -0.508 e. The molecule has 3 aromatic carbocycles. The van der Waals surface area contributed by atoms with E-state index in [1.807, 2.05) is 68.7 Å². The third kappa shape index (κ3) is 7.22. The number of aliphatic carboxylic acids is 1. The average molecular weight is 446 g/mol. The molecule has 0 aliphatic rings. The topological polar surface area (TPSA) is 70.0 Å². The Morgan fingerprint density at radius 3 is 2.00 bits per heavy atom. The van der Waals surface area contributed by atoms with E-state index in [2.05, 4.69) is 17.0 Å². The van der Waals surface area contributed by atoms with Crippen molar-refractivity contribution in [2.24, 2.45) is 0 Å². The Morgan fingerprint density at radius 2 is 1.42 bits per heavy atom. The first-order valence-electron chi connectivity index (χ1n) is 11.1. The molecule has 3 rings (SSSR count). The fraction of sp³-hybridized carbons (Fsp3) is 0.250. The number of ether oxygens (including phenoxy) is 1. The number of carboxylic acids is 1. The lowest BCUT2D eigenvalue weighted by Gasteiger charge is -2.18. The summed E-state index contributed by atoms with van der Waals surface area (Å²) in [5.74, 6) is 0.209. The normalized spacial score (nSPS) is 11.8. The van der Waals surface area contributed by atoms with Gasteiger partial charge in [-0.3, -0.25) is 4.79 Å². The van der Waals surface area contributed by atoms with Gasteiger partial charge in [0, 0.05) is 13.0 Å². The van der Waals surface area contributed by atoms with Crippen molar-refractivity contribution in [2.45, 2.75) is 19.3 Å². The third-order valence-corrected chi connectivity index (χ3v) is 5.35. The Morgan fingerprint density at radius 1 is 0.818 bits per heavy atom. The lowest BCUT2D eigenvalue weighted by atomic mass is 9.87. The molecule has 0 bridgehead atoms. The average Bonchev–Trinajstić information content (AvgIpc) is 2.80. The van der Waals surface area contributed by atoms with Gasteiger partial charge in [-0.15, -0.1) is 0 Å². The van der Waals surface area contributed by atoms with E-state index in [0.29, 0.717) is 19.4 Å². The van der Waals surface area contributed by atoms with E-state index in [4.69, 9.17) is 4.74 Å². The minimum atomic E-state index is -0.798. The molecule has 0 saturated carbocycles. The zero-order valence-electron chi connectivity index (χ0n) is 19.2. The molecule has 0 saturated heterocycles. The van der Waals surface area contributed by atoms with Crippen molar-refractivity contribution in [3.05, 3.63) is 95.6 Å². The Bertz CT molecular complexity index is 1060. The van der Waals surface area contributed by atoms with Crippen molar-refractivity contribution >= 4 is 17.1 Å². The number of hydrogen-bond donors (Lipinski definition) is 2. The van der Waals surface area contributed by atoms with Gasteiger partial charge in [0.1, 0.15) is 18.1 Å². The molecule has 0 fully saturated rings. The monoisotopic (exact) mass is 445 g/mol. The predicted octanol–water partition coefficient (Wildman–Crippen LogP) is 5.55. The maximum absolute atomic E-state index is 11.2. The van der Waals surface area contributed by atoms with Gasteiger partial charge in [0.25, 0.3) is 0 Å². The van der Waals surface area contributed by atoms with Crippen LogP contribution in [0.25, 0.3) is 11.1 Å². The molecule has 0 aliphatic carbocycles. The van der Waals surface area contributed by atoms with Gasteiger partial charge in [0.05, 0.1) is 0 Å². The number of nitrogens with zero attached hydrogens (tertiary/aromatic N) is 1. The van der Waals surface area contributed by atoms with Crippen LogP contribution in [-0.4, -0.2) is 48.3 Å². The van der Waals surface area contributed by atoms with Gasteiger partial charge in [-0.05, 0) is 79.0 Å². The molecule has 5 heteroatoms. The summed E-state index contributed by atoms with van der Waals surface area (Å²) >= 11 is 0. The van der Waals surface area contributed by atoms with Gasteiger partial charge < -0.3 is 19.8 Å². The number of carboxylic acid groups (broad SMARTS) is 1. The summed E-state index contributed by atoms with van der Waals surface area (Å²) in [6, 6.07) is 25.2. The molecular weight excluding hydrogens is 414 g/mol. The van der Waals surface area contributed by atoms with Crippen molar-refractivity contribution in [3.8, 4) is 11.5 Å². The molecule has 0 spiro atoms. The van der Waals surface area contributed by atoms with Crippen LogP contribution in [0.2, 0.25) is 0 Å². The molecule has 33 heavy (non-hydrogen) atoms. The number of carbonyl (C=O) groups is 1. The van der Waals surface area contributed by atoms with E-state index in [1.54, 1.807) is 12.1 Å². The van der Waals surface area contributed by atoms with Crippen LogP contribution >= 0.6 is 0 Å². The van der Waals surface area contributed by atoms with E-state index >= 15 is 0 Å². The second-order valence-electron chi connectivity index (χ2n) is 8.19. The van der Waals surface area contributed by atoms with Gasteiger partial charge in [-0.25, -0.2) is 0 Å². The lowest BCUT2D eigenvalue weighted by molar-refractivity contribution is -0.137. The lowest BCUT2D eigenvalue weighted by Crippen LogP contribution is -2.19. The van der Waals surface area contributed by atoms with Crippen LogP contribution in [-0.2, 0) is 4.79 Å². The molecule has 2 N–H and O–H groups in total. The molecular formula is C28H31NO4. The zero-order chi connectivity index (χ0) is 23.6. The summed E-state index contributed by atoms with van der Waals surface area (Å²) in [5.41, 5.74) is 5.12. The second kappa shape index (κ2) is 11.9. The van der Waals surface area contributed by atoms with Gasteiger partial charge in [0.15, 0.2) is 0 Å². The number of allylic oxidation sites excluding steroid dienone is 1. The molecule has 0 aromatic heterocycles. The third-order valence-electron chi connectivity index (χ3n) is 5.35. The molecule has 172 valence electrons. The van der Waals surface area contributed by atoms with E-state index < -0.39 is 5.97 Å². The number of phenolic OH excluding ortho intramolecular Hbond substituents is 1. The number of benzene rings is 3. The first-order valence-corrected chi connectivity index (χ1v) is 11.1. The van der Waals surface area contributed by atoms with Crippen molar-refractivity contribution in [3.63, 3.8) is 0 Å². The Hall–Kier alpha value is -3.57. The van der Waals surface area contributed by atoms with Crippen LogP contribution < -0.4 is 4.74 Å². The summed E-state index contributed by atoms with van der Waals surface area (Å²) in [4.78, 5) is 13.2. The summed E-state index contributed by atoms with van der Waals surface area (Å²) in [6.07, 6.45) is 1.26. The molecule has 0 radical (unpaired) electrons. The largest absolute Gasteiger partial charge is 0.508 e. The van der Waals surface area contributed by atoms with E-state index in [9.17, 15) is 15.0 Å². The highest BCUT2D eigenvalue weighted by Gasteiger charge is 2.15. The van der Waals surface area contributed by atoms with Gasteiger partial charge >= 0.3 is 5.97 Å². The second-order valence-corrected chi connectivity index (χ2v) is 8.19. The molecule has 0 unspecified atom stereocenters. The Balaban J connectivity index is 2.05. The maximum Gasteiger partial charge on any atom is 0.303 e. The van der Waals surface area contributed by atoms with E-state index in [1.165, 1.54) is 0 Å². The molecule has 0 heterocycles. The number of rotatable bonds is 11. The number of aromatic hydroxyl groups is 1. The molecule has 0 amide bonds. The van der Waals surface area contributed by atoms with Crippen LogP contribution in [0.4, 0.5) is 0 Å². The molecule has 0 aliphatic heterocycles. The SMILES string of the molecule is CN(C)CCOc1ccc(/C(=C(/CCCC(=O)O)c2ccccc2)c2ccc(O)cc2)cc1. The molecule has 5 nitrogen and oxygen atoms in total. The van der Waals surface area contributed by atoms with Crippen molar-refractivity contribution in [2.75, 3.05) is 27.2 Å². The van der Waals surface area contributed by atoms with Gasteiger partial charge in [-0.1, -0.05) is 54.6 Å². The van der Waals surface area contributed by atoms with E-state index in [0.717, 1.165) is 40.1 Å². The first-order chi connectivity index (χ1) is 15.9. The summed E-state index contributed by atoms with van der Waals surface area (Å²) in [5, 5.41) is 19.0. The Labute approximate surface area is 195 Å². The van der Waals surface area contributed by atoms with E-state index in [-0.39, 0.29) is 12.2 Å². The predicted molar refractivity (Wildman–Crippen MR) is 132 cm³/mol. The quantitative estimate of drug-likeness (QED) is 0.379. The summed E-state index contributed by atoms with van der Waals surface area (Å²) in [7, 11) is 4.02. The van der Waals surface area contributed by atoms with Crippen LogP contribution in [0.3, 0.4) is 0 Å².